The lowest BCUT2D eigenvalue weighted by atomic mass is 10.1. The molecular weight excluding hydrogens is 410 g/mol. The van der Waals surface area contributed by atoms with Gasteiger partial charge in [-0.05, 0) is 37.0 Å². The Morgan fingerprint density at radius 3 is 2.52 bits per heavy atom. The van der Waals surface area contributed by atoms with Crippen molar-refractivity contribution in [3.05, 3.63) is 55.1 Å². The second kappa shape index (κ2) is 6.99. The Kier molecular flexibility index (Phi) is 4.67. The van der Waals surface area contributed by atoms with Crippen LogP contribution in [-0.4, -0.2) is 31.8 Å². The van der Waals surface area contributed by atoms with Gasteiger partial charge in [0.15, 0.2) is 11.2 Å². The molecule has 2 aromatic heterocycles. The molecule has 3 aromatic rings. The summed E-state index contributed by atoms with van der Waals surface area (Å²) in [5.41, 5.74) is 1.32. The van der Waals surface area contributed by atoms with Crippen molar-refractivity contribution in [1.29, 1.82) is 0 Å². The Bertz CT molecular complexity index is 1120. The first-order chi connectivity index (χ1) is 13.0. The summed E-state index contributed by atoms with van der Waals surface area (Å²) in [5.74, 6) is 0.767. The third kappa shape index (κ3) is 3.12. The van der Waals surface area contributed by atoms with Crippen LogP contribution in [0.25, 0.3) is 11.2 Å². The van der Waals surface area contributed by atoms with Crippen molar-refractivity contribution in [3.8, 4) is 0 Å². The predicted molar refractivity (Wildman–Crippen MR) is 110 cm³/mol. The zero-order valence-corrected chi connectivity index (χ0v) is 17.1. The smallest absolute Gasteiger partial charge is 0.332 e. The Morgan fingerprint density at radius 2 is 1.81 bits per heavy atom. The molecule has 0 saturated carbocycles. The van der Waals surface area contributed by atoms with Crippen LogP contribution < -0.4 is 16.1 Å². The van der Waals surface area contributed by atoms with Gasteiger partial charge in [-0.3, -0.25) is 18.5 Å². The van der Waals surface area contributed by atoms with E-state index in [-0.39, 0.29) is 11.2 Å². The fraction of sp³-hybridized carbons (Fsp3) is 0.421. The fourth-order valence-corrected chi connectivity index (χ4v) is 4.18. The van der Waals surface area contributed by atoms with Crippen LogP contribution in [0.2, 0.25) is 0 Å². The highest BCUT2D eigenvalue weighted by Crippen LogP contribution is 2.25. The summed E-state index contributed by atoms with van der Waals surface area (Å²) in [7, 11) is 3.18. The molecule has 0 atom stereocenters. The SMILES string of the molecule is Cn1c(=O)c2c(nc(N3CCCCC3)n2Cc2cccc(Br)c2)n(C)c1=O. The predicted octanol–water partition coefficient (Wildman–Crippen LogP) is 2.23. The van der Waals surface area contributed by atoms with Crippen LogP contribution in [0.3, 0.4) is 0 Å². The normalized spacial score (nSPS) is 14.9. The van der Waals surface area contributed by atoms with Gasteiger partial charge in [-0.25, -0.2) is 4.79 Å². The van der Waals surface area contributed by atoms with Crippen LogP contribution in [0, 0.1) is 0 Å². The minimum Gasteiger partial charge on any atom is -0.342 e. The van der Waals surface area contributed by atoms with E-state index in [1.54, 1.807) is 7.05 Å². The number of aromatic nitrogens is 4. The number of imidazole rings is 1. The molecule has 1 aliphatic heterocycles. The van der Waals surface area contributed by atoms with Crippen LogP contribution >= 0.6 is 15.9 Å². The van der Waals surface area contributed by atoms with E-state index in [4.69, 9.17) is 4.98 Å². The van der Waals surface area contributed by atoms with E-state index in [1.807, 2.05) is 28.8 Å². The zero-order valence-electron chi connectivity index (χ0n) is 15.5. The lowest BCUT2D eigenvalue weighted by molar-refractivity contribution is 0.560. The van der Waals surface area contributed by atoms with Crippen molar-refractivity contribution in [2.24, 2.45) is 14.1 Å². The van der Waals surface area contributed by atoms with Gasteiger partial charge >= 0.3 is 5.69 Å². The number of rotatable bonds is 3. The van der Waals surface area contributed by atoms with Gasteiger partial charge < -0.3 is 4.90 Å². The van der Waals surface area contributed by atoms with E-state index in [9.17, 15) is 9.59 Å². The highest BCUT2D eigenvalue weighted by atomic mass is 79.9. The third-order valence-corrected chi connectivity index (χ3v) is 5.69. The van der Waals surface area contributed by atoms with Crippen molar-refractivity contribution < 1.29 is 0 Å². The summed E-state index contributed by atoms with van der Waals surface area (Å²) in [4.78, 5) is 32.3. The van der Waals surface area contributed by atoms with Crippen LogP contribution in [0.5, 0.6) is 0 Å². The second-order valence-electron chi connectivity index (χ2n) is 7.05. The van der Waals surface area contributed by atoms with Gasteiger partial charge in [0.05, 0.1) is 6.54 Å². The maximum Gasteiger partial charge on any atom is 0.332 e. The molecule has 0 bridgehead atoms. The quantitative estimate of drug-likeness (QED) is 0.637. The Labute approximate surface area is 165 Å². The lowest BCUT2D eigenvalue weighted by Gasteiger charge is -2.28. The van der Waals surface area contributed by atoms with Gasteiger partial charge in [0.1, 0.15) is 0 Å². The molecular formula is C19H22BrN5O2. The minimum atomic E-state index is -0.357. The molecule has 8 heteroatoms. The first-order valence-electron chi connectivity index (χ1n) is 9.13. The number of aryl methyl sites for hydroxylation is 1. The summed E-state index contributed by atoms with van der Waals surface area (Å²) in [6.45, 7) is 2.35. The molecule has 1 fully saturated rings. The zero-order chi connectivity index (χ0) is 19.1. The average Bonchev–Trinajstić information content (AvgIpc) is 3.05. The van der Waals surface area contributed by atoms with Crippen molar-refractivity contribution >= 4 is 33.0 Å². The van der Waals surface area contributed by atoms with E-state index >= 15 is 0 Å². The highest BCUT2D eigenvalue weighted by Gasteiger charge is 2.23. The largest absolute Gasteiger partial charge is 0.342 e. The van der Waals surface area contributed by atoms with Crippen LogP contribution in [0.1, 0.15) is 24.8 Å². The van der Waals surface area contributed by atoms with Crippen LogP contribution in [0.4, 0.5) is 5.95 Å². The Hall–Kier alpha value is -2.35. The molecule has 27 heavy (non-hydrogen) atoms. The van der Waals surface area contributed by atoms with Crippen molar-refractivity contribution in [2.75, 3.05) is 18.0 Å². The van der Waals surface area contributed by atoms with Crippen molar-refractivity contribution in [2.45, 2.75) is 25.8 Å². The number of anilines is 1. The molecule has 1 aromatic carbocycles. The van der Waals surface area contributed by atoms with Crippen molar-refractivity contribution in [3.63, 3.8) is 0 Å². The molecule has 0 amide bonds. The number of hydrogen-bond acceptors (Lipinski definition) is 4. The molecule has 0 aliphatic carbocycles. The molecule has 0 spiro atoms. The van der Waals surface area contributed by atoms with Gasteiger partial charge in [0, 0.05) is 31.7 Å². The third-order valence-electron chi connectivity index (χ3n) is 5.20. The molecule has 1 saturated heterocycles. The van der Waals surface area contributed by atoms with E-state index in [1.165, 1.54) is 18.0 Å². The second-order valence-corrected chi connectivity index (χ2v) is 7.97. The molecule has 0 radical (unpaired) electrons. The standard InChI is InChI=1S/C19H22BrN5O2/c1-22-16-15(17(26)23(2)19(22)27)25(12-13-7-6-8-14(20)11-13)18(21-16)24-9-4-3-5-10-24/h6-8,11H,3-5,9-10,12H2,1-2H3. The maximum atomic E-state index is 12.9. The summed E-state index contributed by atoms with van der Waals surface area (Å²) < 4.78 is 5.57. The van der Waals surface area contributed by atoms with Crippen molar-refractivity contribution in [1.82, 2.24) is 18.7 Å². The van der Waals surface area contributed by atoms with Gasteiger partial charge in [-0.15, -0.1) is 0 Å². The number of hydrogen-bond donors (Lipinski definition) is 0. The van der Waals surface area contributed by atoms with Crippen LogP contribution in [0.15, 0.2) is 38.3 Å². The first-order valence-corrected chi connectivity index (χ1v) is 9.92. The molecule has 4 rings (SSSR count). The maximum absolute atomic E-state index is 12.9. The molecule has 1 aliphatic rings. The summed E-state index contributed by atoms with van der Waals surface area (Å²) >= 11 is 3.51. The first kappa shape index (κ1) is 18.0. The molecule has 0 unspecified atom stereocenters. The monoisotopic (exact) mass is 431 g/mol. The number of fused-ring (bicyclic) bond motifs is 1. The lowest BCUT2D eigenvalue weighted by Crippen LogP contribution is -2.37. The van der Waals surface area contributed by atoms with Gasteiger partial charge in [0.2, 0.25) is 5.95 Å². The summed E-state index contributed by atoms with van der Waals surface area (Å²) in [6, 6.07) is 8.03. The van der Waals surface area contributed by atoms with E-state index in [0.717, 1.165) is 46.5 Å². The van der Waals surface area contributed by atoms with Gasteiger partial charge in [-0.2, -0.15) is 4.98 Å². The summed E-state index contributed by atoms with van der Waals surface area (Å²) in [5, 5.41) is 0. The van der Waals surface area contributed by atoms with E-state index in [2.05, 4.69) is 20.8 Å². The van der Waals surface area contributed by atoms with Gasteiger partial charge in [0.25, 0.3) is 5.56 Å². The van der Waals surface area contributed by atoms with Gasteiger partial charge in [-0.1, -0.05) is 28.1 Å². The molecule has 142 valence electrons. The number of halogens is 1. The number of nitrogens with zero attached hydrogens (tertiary/aromatic N) is 5. The fourth-order valence-electron chi connectivity index (χ4n) is 3.74. The molecule has 3 heterocycles. The number of benzene rings is 1. The average molecular weight is 432 g/mol. The van der Waals surface area contributed by atoms with E-state index in [0.29, 0.717) is 17.7 Å². The summed E-state index contributed by atoms with van der Waals surface area (Å²) in [6.07, 6.45) is 3.43. The molecule has 7 nitrogen and oxygen atoms in total. The van der Waals surface area contributed by atoms with Crippen LogP contribution in [-0.2, 0) is 20.6 Å². The Balaban J connectivity index is 1.97. The topological polar surface area (TPSA) is 65.1 Å². The molecule has 0 N–H and O–H groups in total. The number of piperidine rings is 1. The minimum absolute atomic E-state index is 0.307. The highest BCUT2D eigenvalue weighted by molar-refractivity contribution is 9.10. The Morgan fingerprint density at radius 1 is 1.07 bits per heavy atom. The van der Waals surface area contributed by atoms with E-state index < -0.39 is 0 Å².